The highest BCUT2D eigenvalue weighted by Crippen LogP contribution is 2.21. The van der Waals surface area contributed by atoms with Gasteiger partial charge in [-0.3, -0.25) is 5.10 Å². The molecule has 0 spiro atoms. The van der Waals surface area contributed by atoms with Crippen LogP contribution in [0.25, 0.3) is 10.9 Å². The third kappa shape index (κ3) is 1.29. The molecule has 4 nitrogen and oxygen atoms in total. The minimum atomic E-state index is 0.350. The summed E-state index contributed by atoms with van der Waals surface area (Å²) in [6.45, 7) is 0. The first-order chi connectivity index (χ1) is 6.85. The van der Waals surface area contributed by atoms with Gasteiger partial charge in [0.25, 0.3) is 0 Å². The maximum absolute atomic E-state index is 8.58. The molecule has 0 saturated heterocycles. The Bertz CT molecular complexity index is 496. The van der Waals surface area contributed by atoms with Gasteiger partial charge in [0.2, 0.25) is 0 Å². The van der Waals surface area contributed by atoms with E-state index in [9.17, 15) is 0 Å². The fraction of sp³-hybridized carbons (Fsp3) is 0.200. The van der Waals surface area contributed by atoms with E-state index in [2.05, 4.69) is 16.3 Å². The smallest absolute Gasteiger partial charge is 0.121 e. The fourth-order valence-electron chi connectivity index (χ4n) is 1.39. The quantitative estimate of drug-likeness (QED) is 0.777. The molecule has 0 radical (unpaired) electrons. The van der Waals surface area contributed by atoms with Gasteiger partial charge in [-0.05, 0) is 12.1 Å². The second kappa shape index (κ2) is 3.38. The number of aromatic amines is 1. The highest BCUT2D eigenvalue weighted by molar-refractivity contribution is 5.82. The third-order valence-corrected chi connectivity index (χ3v) is 2.10. The van der Waals surface area contributed by atoms with E-state index in [1.54, 1.807) is 7.11 Å². The molecular weight excluding hydrogens is 178 g/mol. The number of methoxy groups -OCH3 is 1. The topological polar surface area (TPSA) is 61.7 Å². The minimum Gasteiger partial charge on any atom is -0.497 e. The normalized spacial score (nSPS) is 10.0. The molecule has 0 bridgehead atoms. The monoisotopic (exact) mass is 187 g/mol. The van der Waals surface area contributed by atoms with Crippen molar-refractivity contribution in [3.05, 3.63) is 23.9 Å². The summed E-state index contributed by atoms with van der Waals surface area (Å²) in [7, 11) is 1.62. The summed E-state index contributed by atoms with van der Waals surface area (Å²) in [6.07, 6.45) is 0.350. The Morgan fingerprint density at radius 1 is 1.57 bits per heavy atom. The first kappa shape index (κ1) is 8.57. The van der Waals surface area contributed by atoms with E-state index in [0.29, 0.717) is 6.42 Å². The molecule has 4 heteroatoms. The number of fused-ring (bicyclic) bond motifs is 1. The van der Waals surface area contributed by atoms with Gasteiger partial charge in [-0.1, -0.05) is 0 Å². The first-order valence-electron chi connectivity index (χ1n) is 4.23. The molecule has 1 aromatic carbocycles. The van der Waals surface area contributed by atoms with Gasteiger partial charge in [0, 0.05) is 11.5 Å². The molecule has 0 unspecified atom stereocenters. The van der Waals surface area contributed by atoms with Crippen LogP contribution in [0.2, 0.25) is 0 Å². The number of benzene rings is 1. The number of hydrogen-bond acceptors (Lipinski definition) is 3. The van der Waals surface area contributed by atoms with Crippen LogP contribution in [0.5, 0.6) is 5.75 Å². The van der Waals surface area contributed by atoms with Gasteiger partial charge in [0.1, 0.15) is 5.75 Å². The van der Waals surface area contributed by atoms with Crippen molar-refractivity contribution in [2.45, 2.75) is 6.42 Å². The Balaban J connectivity index is 2.55. The lowest BCUT2D eigenvalue weighted by Crippen LogP contribution is -1.83. The average molecular weight is 187 g/mol. The molecule has 2 aromatic rings. The van der Waals surface area contributed by atoms with Crippen molar-refractivity contribution in [3.63, 3.8) is 0 Å². The average Bonchev–Trinajstić information content (AvgIpc) is 2.61. The lowest BCUT2D eigenvalue weighted by atomic mass is 10.2. The van der Waals surface area contributed by atoms with Gasteiger partial charge >= 0.3 is 0 Å². The number of nitrogens with one attached hydrogen (secondary N) is 1. The molecule has 0 amide bonds. The Morgan fingerprint density at radius 3 is 3.14 bits per heavy atom. The van der Waals surface area contributed by atoms with Crippen LogP contribution in [0.15, 0.2) is 18.2 Å². The maximum Gasteiger partial charge on any atom is 0.121 e. The zero-order valence-corrected chi connectivity index (χ0v) is 7.74. The summed E-state index contributed by atoms with van der Waals surface area (Å²) in [6, 6.07) is 7.70. The molecule has 1 heterocycles. The van der Waals surface area contributed by atoms with Crippen molar-refractivity contribution >= 4 is 10.9 Å². The molecule has 0 fully saturated rings. The molecule has 0 aliphatic carbocycles. The summed E-state index contributed by atoms with van der Waals surface area (Å²) in [5.41, 5.74) is 1.68. The summed E-state index contributed by atoms with van der Waals surface area (Å²) in [4.78, 5) is 0. The summed E-state index contributed by atoms with van der Waals surface area (Å²) in [5, 5.41) is 16.5. The summed E-state index contributed by atoms with van der Waals surface area (Å²) < 4.78 is 5.07. The zero-order chi connectivity index (χ0) is 9.97. The predicted molar refractivity (Wildman–Crippen MR) is 52.0 cm³/mol. The van der Waals surface area contributed by atoms with Crippen LogP contribution in [-0.4, -0.2) is 17.3 Å². The molecule has 14 heavy (non-hydrogen) atoms. The molecule has 0 atom stereocenters. The van der Waals surface area contributed by atoms with Gasteiger partial charge < -0.3 is 4.74 Å². The minimum absolute atomic E-state index is 0.350. The van der Waals surface area contributed by atoms with E-state index in [1.165, 1.54) is 0 Å². The van der Waals surface area contributed by atoms with Crippen molar-refractivity contribution in [3.8, 4) is 11.8 Å². The van der Waals surface area contributed by atoms with E-state index in [4.69, 9.17) is 10.00 Å². The van der Waals surface area contributed by atoms with E-state index in [0.717, 1.165) is 22.3 Å². The Labute approximate surface area is 81.1 Å². The third-order valence-electron chi connectivity index (χ3n) is 2.10. The molecule has 1 aromatic heterocycles. The molecule has 0 saturated carbocycles. The number of hydrogen-bond donors (Lipinski definition) is 1. The van der Waals surface area contributed by atoms with Crippen LogP contribution in [0.1, 0.15) is 5.69 Å². The Hall–Kier alpha value is -2.02. The van der Waals surface area contributed by atoms with Crippen molar-refractivity contribution < 1.29 is 4.74 Å². The van der Waals surface area contributed by atoms with Crippen molar-refractivity contribution in [1.82, 2.24) is 10.2 Å². The van der Waals surface area contributed by atoms with E-state index in [-0.39, 0.29) is 0 Å². The number of nitrogens with zero attached hydrogens (tertiary/aromatic N) is 2. The highest BCUT2D eigenvalue weighted by Gasteiger charge is 2.05. The van der Waals surface area contributed by atoms with Crippen LogP contribution in [0, 0.1) is 11.3 Å². The number of rotatable bonds is 2. The maximum atomic E-state index is 8.58. The van der Waals surface area contributed by atoms with Crippen LogP contribution < -0.4 is 4.74 Å². The SMILES string of the molecule is COc1ccc2c(CC#N)[nH]nc2c1. The van der Waals surface area contributed by atoms with Gasteiger partial charge in [0.05, 0.1) is 30.8 Å². The van der Waals surface area contributed by atoms with Crippen LogP contribution in [0.3, 0.4) is 0 Å². The molecule has 0 aliphatic heterocycles. The molecule has 1 N–H and O–H groups in total. The Morgan fingerprint density at radius 2 is 2.43 bits per heavy atom. The van der Waals surface area contributed by atoms with Gasteiger partial charge in [-0.2, -0.15) is 10.4 Å². The highest BCUT2D eigenvalue weighted by atomic mass is 16.5. The largest absolute Gasteiger partial charge is 0.497 e. The van der Waals surface area contributed by atoms with Crippen molar-refractivity contribution in [1.29, 1.82) is 5.26 Å². The lowest BCUT2D eigenvalue weighted by Gasteiger charge is -1.97. The molecule has 2 rings (SSSR count). The number of ether oxygens (including phenoxy) is 1. The Kier molecular flexibility index (Phi) is 2.07. The lowest BCUT2D eigenvalue weighted by molar-refractivity contribution is 0.415. The molecule has 70 valence electrons. The van der Waals surface area contributed by atoms with Gasteiger partial charge in [-0.15, -0.1) is 0 Å². The van der Waals surface area contributed by atoms with Gasteiger partial charge in [0.15, 0.2) is 0 Å². The van der Waals surface area contributed by atoms with Crippen molar-refractivity contribution in [2.24, 2.45) is 0 Å². The number of aromatic nitrogens is 2. The number of nitriles is 1. The summed E-state index contributed by atoms with van der Waals surface area (Å²) >= 11 is 0. The fourth-order valence-corrected chi connectivity index (χ4v) is 1.39. The predicted octanol–water partition coefficient (Wildman–Crippen LogP) is 1.64. The zero-order valence-electron chi connectivity index (χ0n) is 7.74. The molecule has 0 aliphatic rings. The standard InChI is InChI=1S/C10H9N3O/c1-14-7-2-3-8-9(4-5-11)12-13-10(8)6-7/h2-3,6H,4H2,1H3,(H,12,13). The first-order valence-corrected chi connectivity index (χ1v) is 4.23. The van der Waals surface area contributed by atoms with Gasteiger partial charge in [-0.25, -0.2) is 0 Å². The molecular formula is C10H9N3O. The van der Waals surface area contributed by atoms with Crippen LogP contribution in [-0.2, 0) is 6.42 Å². The second-order valence-corrected chi connectivity index (χ2v) is 2.92. The van der Waals surface area contributed by atoms with E-state index >= 15 is 0 Å². The van der Waals surface area contributed by atoms with E-state index < -0.39 is 0 Å². The van der Waals surface area contributed by atoms with Crippen LogP contribution in [0.4, 0.5) is 0 Å². The van der Waals surface area contributed by atoms with Crippen LogP contribution >= 0.6 is 0 Å². The van der Waals surface area contributed by atoms with Crippen molar-refractivity contribution in [2.75, 3.05) is 7.11 Å². The number of H-pyrrole nitrogens is 1. The summed E-state index contributed by atoms with van der Waals surface area (Å²) in [5.74, 6) is 0.771. The van der Waals surface area contributed by atoms with E-state index in [1.807, 2.05) is 18.2 Å². The second-order valence-electron chi connectivity index (χ2n) is 2.92.